The summed E-state index contributed by atoms with van der Waals surface area (Å²) in [6.07, 6.45) is -104. The van der Waals surface area contributed by atoms with E-state index in [1.807, 2.05) is 0 Å². The molecule has 0 aromatic heterocycles. The largest absolute Gasteiger partial charge is 0.396 e. The van der Waals surface area contributed by atoms with Gasteiger partial charge in [0.2, 0.25) is 0 Å². The molecule has 1 heteroatoms. The second-order valence-corrected chi connectivity index (χ2v) is 2.61. The average Bonchev–Trinajstić information content (AvgIpc) is 3.08. The van der Waals surface area contributed by atoms with Crippen molar-refractivity contribution in [1.82, 2.24) is 0 Å². The molecule has 0 unspecified atom stereocenters. The standard InChI is InChI=1S/C22H46O/c1-2-3-4-5-6-7-8-9-10-11-12-13-14-15-16-17-18-19-20-21-22-23/h23H,2-22H2,1H3/i1D3,2D2,3D2,4D2,5D2,6D2,7D2,8D2,9D2,10D2,11D2,12D2,13D2,14D2,15D2,16D2,17D2,18D2,19D2,20D2,21D2,22D2. The van der Waals surface area contributed by atoms with Crippen LogP contribution in [0.1, 0.15) is 196 Å². The van der Waals surface area contributed by atoms with Gasteiger partial charge in [-0.15, -0.1) is 0 Å². The number of rotatable bonds is 20. The van der Waals surface area contributed by atoms with E-state index in [-0.39, 0.29) is 0 Å². The van der Waals surface area contributed by atoms with Crippen molar-refractivity contribution >= 4 is 0 Å². The molecule has 0 rings (SSSR count). The highest BCUT2D eigenvalue weighted by Gasteiger charge is 1.95. The number of hydrogen-bond donors (Lipinski definition) is 1. The predicted octanol–water partition coefficient (Wildman–Crippen LogP) is 7.80. The summed E-state index contributed by atoms with van der Waals surface area (Å²) in [6.45, 7) is -8.68. The lowest BCUT2D eigenvalue weighted by molar-refractivity contribution is 0.282. The van der Waals surface area contributed by atoms with Crippen LogP contribution in [0.4, 0.5) is 0 Å². The van der Waals surface area contributed by atoms with E-state index in [4.69, 9.17) is 61.7 Å². The Bertz CT molecular complexity index is 1700. The van der Waals surface area contributed by atoms with Crippen LogP contribution in [0, 0.1) is 0 Å². The minimum Gasteiger partial charge on any atom is -0.396 e. The molecule has 1 N–H and O–H groups in total. The Balaban J connectivity index is 8.09. The maximum atomic E-state index is 9.57. The topological polar surface area (TPSA) is 20.2 Å². The Morgan fingerprint density at radius 3 is 1.00 bits per heavy atom. The van der Waals surface area contributed by atoms with Crippen LogP contribution < -0.4 is 0 Å². The molecule has 0 amide bonds. The van der Waals surface area contributed by atoms with Crippen LogP contribution in [-0.2, 0) is 0 Å². The van der Waals surface area contributed by atoms with Crippen molar-refractivity contribution in [3.8, 4) is 0 Å². The first kappa shape index (κ1) is 2.47. The first-order valence-corrected chi connectivity index (χ1v) is 5.47. The normalized spacial score (nSPS) is 53.9. The van der Waals surface area contributed by atoms with Gasteiger partial charge in [0, 0.05) is 65.5 Å². The summed E-state index contributed by atoms with van der Waals surface area (Å²) >= 11 is 0. The highest BCUT2D eigenvalue weighted by Crippen LogP contribution is 2.14. The molecule has 0 aromatic carbocycles. The van der Waals surface area contributed by atoms with Crippen LogP contribution in [0.15, 0.2) is 0 Å². The summed E-state index contributed by atoms with van der Waals surface area (Å²) in [4.78, 5) is 0. The van der Waals surface area contributed by atoms with Crippen LogP contribution >= 0.6 is 0 Å². The van der Waals surface area contributed by atoms with Crippen LogP contribution in [0.25, 0.3) is 0 Å². The molecule has 0 saturated carbocycles. The van der Waals surface area contributed by atoms with Crippen LogP contribution in [0.5, 0.6) is 0 Å². The SMILES string of the molecule is [2H]C([2H])([2H])C([2H])([2H])C([2H])([2H])C([2H])([2H])C([2H])([2H])C([2H])([2H])C([2H])([2H])C([2H])([2H])C([2H])([2H])C([2H])([2H])C([2H])([2H])C([2H])([2H])C([2H])([2H])C([2H])([2H])C([2H])([2H])C([2H])([2H])C([2H])([2H])C([2H])([2H])C([2H])([2H])C([2H])([2H])C([2H])([2H])C([2H])([2H])O. The van der Waals surface area contributed by atoms with Gasteiger partial charge in [0.05, 0.1) is 2.74 Å². The lowest BCUT2D eigenvalue weighted by Gasteiger charge is -2.03. The van der Waals surface area contributed by atoms with E-state index in [9.17, 15) is 5.11 Å². The van der Waals surface area contributed by atoms with Gasteiger partial charge in [0.15, 0.2) is 0 Å². The summed E-state index contributed by atoms with van der Waals surface area (Å²) in [7, 11) is 0. The minimum absolute atomic E-state index is 4.21. The van der Waals surface area contributed by atoms with E-state index < -0.39 is 141 Å². The number of hydrogen-bond acceptors (Lipinski definition) is 1. The van der Waals surface area contributed by atoms with Gasteiger partial charge < -0.3 is 5.11 Å². The number of aliphatic hydroxyl groups is 1. The fraction of sp³-hybridized carbons (Fsp3) is 1.00. The third-order valence-corrected chi connectivity index (χ3v) is 1.24. The van der Waals surface area contributed by atoms with Crippen molar-refractivity contribution in [2.24, 2.45) is 0 Å². The van der Waals surface area contributed by atoms with Gasteiger partial charge in [0.25, 0.3) is 0 Å². The van der Waals surface area contributed by atoms with E-state index in [1.54, 1.807) is 0 Å². The molecule has 0 heterocycles. The molecule has 0 fully saturated rings. The molecule has 23 heavy (non-hydrogen) atoms. The Morgan fingerprint density at radius 1 is 0.478 bits per heavy atom. The van der Waals surface area contributed by atoms with Crippen molar-refractivity contribution in [2.45, 2.75) is 134 Å². The summed E-state index contributed by atoms with van der Waals surface area (Å²) in [6, 6.07) is 0. The molecule has 140 valence electrons. The molecular formula is C22H46O. The van der Waals surface area contributed by atoms with E-state index in [2.05, 4.69) is 0 Å². The fourth-order valence-corrected chi connectivity index (χ4v) is 0.590. The molecule has 0 atom stereocenters. The van der Waals surface area contributed by atoms with Crippen molar-refractivity contribution in [1.29, 1.82) is 0 Å². The smallest absolute Gasteiger partial charge is 0.0564 e. The molecule has 0 saturated heterocycles. The molecule has 1 nitrogen and oxygen atoms in total. The highest BCUT2D eigenvalue weighted by molar-refractivity contribution is 4.50. The Hall–Kier alpha value is -0.0400. The van der Waals surface area contributed by atoms with Gasteiger partial charge in [-0.05, 0) is 6.37 Å². The first-order valence-electron chi connectivity index (χ1n) is 28.0. The van der Waals surface area contributed by atoms with E-state index in [0.29, 0.717) is 0 Å². The van der Waals surface area contributed by atoms with Gasteiger partial charge in [-0.2, -0.15) is 0 Å². The minimum atomic E-state index is -5.45. The second kappa shape index (κ2) is 22.0. The molecular weight excluding hydrogens is 280 g/mol. The Morgan fingerprint density at radius 2 is 0.739 bits per heavy atom. The Kier molecular flexibility index (Phi) is 2.36. The van der Waals surface area contributed by atoms with Gasteiger partial charge in [-0.1, -0.05) is 128 Å². The van der Waals surface area contributed by atoms with E-state index in [0.717, 1.165) is 0 Å². The zero-order chi connectivity index (χ0) is 57.0. The van der Waals surface area contributed by atoms with E-state index in [1.165, 1.54) is 0 Å². The third-order valence-electron chi connectivity index (χ3n) is 1.24. The zero-order valence-corrected chi connectivity index (χ0v) is 11.4. The molecule has 0 radical (unpaired) electrons. The summed E-state index contributed by atoms with van der Waals surface area (Å²) in [5.41, 5.74) is 0. The van der Waals surface area contributed by atoms with Crippen molar-refractivity contribution in [2.75, 3.05) is 6.56 Å². The van der Waals surface area contributed by atoms with Gasteiger partial charge in [-0.25, -0.2) is 0 Å². The predicted molar refractivity (Wildman–Crippen MR) is 105 cm³/mol. The lowest BCUT2D eigenvalue weighted by atomic mass is 10.0. The quantitative estimate of drug-likeness (QED) is 0.231. The van der Waals surface area contributed by atoms with Crippen LogP contribution in [0.2, 0.25) is 0 Å². The molecule has 0 bridgehead atoms. The summed E-state index contributed by atoms with van der Waals surface area (Å²) in [5.74, 6) is 0. The van der Waals surface area contributed by atoms with Crippen LogP contribution in [0.3, 0.4) is 0 Å². The zero-order valence-electron chi connectivity index (χ0n) is 56.4. The molecule has 0 aliphatic rings. The molecule has 0 aromatic rings. The van der Waals surface area contributed by atoms with Gasteiger partial charge in [-0.3, -0.25) is 0 Å². The lowest BCUT2D eigenvalue weighted by Crippen LogP contribution is -1.85. The monoisotopic (exact) mass is 372 g/mol. The van der Waals surface area contributed by atoms with Crippen molar-refractivity contribution in [3.63, 3.8) is 0 Å². The molecule has 0 aliphatic heterocycles. The van der Waals surface area contributed by atoms with Gasteiger partial charge >= 0.3 is 0 Å². The van der Waals surface area contributed by atoms with Gasteiger partial charge in [0.1, 0.15) is 0 Å². The van der Waals surface area contributed by atoms with E-state index >= 15 is 0 Å². The first-order chi connectivity index (χ1) is 28.2. The molecule has 0 spiro atoms. The van der Waals surface area contributed by atoms with Crippen LogP contribution in [-0.4, -0.2) is 11.7 Å². The average molecular weight is 372 g/mol. The maximum absolute atomic E-state index is 9.57. The Labute approximate surface area is 210 Å². The van der Waals surface area contributed by atoms with Crippen molar-refractivity contribution < 1.29 is 66.8 Å². The third kappa shape index (κ3) is 22.0. The maximum Gasteiger partial charge on any atom is 0.0564 e. The summed E-state index contributed by atoms with van der Waals surface area (Å²) in [5, 5.41) is 9.57. The second-order valence-electron chi connectivity index (χ2n) is 2.61. The highest BCUT2D eigenvalue weighted by atomic mass is 16.2. The molecule has 0 aliphatic carbocycles. The van der Waals surface area contributed by atoms with Crippen molar-refractivity contribution in [3.05, 3.63) is 0 Å². The summed E-state index contributed by atoms with van der Waals surface area (Å²) < 4.78 is 361. The fourth-order valence-electron chi connectivity index (χ4n) is 0.590.